The molecule has 1 heterocycles. The molecule has 0 amide bonds. The van der Waals surface area contributed by atoms with Gasteiger partial charge in [-0.15, -0.1) is 0 Å². The van der Waals surface area contributed by atoms with E-state index in [0.717, 1.165) is 6.08 Å². The Labute approximate surface area is 144 Å². The highest BCUT2D eigenvalue weighted by molar-refractivity contribution is 7.87. The highest BCUT2D eigenvalue weighted by atomic mass is 32.2. The van der Waals surface area contributed by atoms with Crippen LogP contribution in [-0.2, 0) is 33.4 Å². The lowest BCUT2D eigenvalue weighted by Gasteiger charge is -2.36. The van der Waals surface area contributed by atoms with Crippen LogP contribution in [0, 0.1) is 10.8 Å². The van der Waals surface area contributed by atoms with Gasteiger partial charge in [0, 0.05) is 23.5 Å². The van der Waals surface area contributed by atoms with Gasteiger partial charge in [0.25, 0.3) is 10.1 Å². The number of fused-ring (bicyclic) bond motifs is 1. The van der Waals surface area contributed by atoms with Crippen LogP contribution < -0.4 is 0 Å². The lowest BCUT2D eigenvalue weighted by atomic mass is 9.76. The van der Waals surface area contributed by atoms with E-state index in [2.05, 4.69) is 11.3 Å². The fourth-order valence-corrected chi connectivity index (χ4v) is 6.81. The third kappa shape index (κ3) is 2.59. The largest absolute Gasteiger partial charge is 0.456 e. The van der Waals surface area contributed by atoms with Crippen LogP contribution in [0.5, 0.6) is 0 Å². The van der Waals surface area contributed by atoms with Gasteiger partial charge in [0.05, 0.1) is 11.9 Å². The van der Waals surface area contributed by atoms with Crippen molar-refractivity contribution >= 4 is 22.1 Å². The molecule has 0 spiro atoms. The molecular formula is C15H20O9S. The van der Waals surface area contributed by atoms with Crippen LogP contribution in [0.2, 0.25) is 0 Å². The maximum absolute atomic E-state index is 12.3. The lowest BCUT2D eigenvalue weighted by Crippen LogP contribution is -2.49. The molecule has 3 rings (SSSR count). The molecule has 25 heavy (non-hydrogen) atoms. The average molecular weight is 376 g/mol. The Morgan fingerprint density at radius 1 is 1.36 bits per heavy atom. The van der Waals surface area contributed by atoms with Crippen molar-refractivity contribution < 1.29 is 41.9 Å². The zero-order chi connectivity index (χ0) is 18.5. The van der Waals surface area contributed by atoms with E-state index < -0.39 is 57.0 Å². The van der Waals surface area contributed by atoms with Gasteiger partial charge in [0.2, 0.25) is 0 Å². The maximum Gasteiger partial charge on any atom is 0.344 e. The van der Waals surface area contributed by atoms with Crippen LogP contribution in [0.15, 0.2) is 12.7 Å². The number of aliphatic hydroxyl groups excluding tert-OH is 2. The van der Waals surface area contributed by atoms with E-state index >= 15 is 0 Å². The molecule has 0 radical (unpaired) electrons. The zero-order valence-corrected chi connectivity index (χ0v) is 14.2. The third-order valence-corrected chi connectivity index (χ3v) is 7.40. The Morgan fingerprint density at radius 2 is 2.08 bits per heavy atom. The number of rotatable bonds is 7. The molecule has 2 N–H and O–H groups in total. The molecule has 2 bridgehead atoms. The minimum Gasteiger partial charge on any atom is -0.456 e. The molecule has 5 unspecified atom stereocenters. The first-order chi connectivity index (χ1) is 11.7. The number of esters is 2. The minimum absolute atomic E-state index is 0.0900. The van der Waals surface area contributed by atoms with E-state index in [1.165, 1.54) is 0 Å². The van der Waals surface area contributed by atoms with Crippen molar-refractivity contribution in [1.82, 2.24) is 0 Å². The average Bonchev–Trinajstić information content (AvgIpc) is 3.08. The van der Waals surface area contributed by atoms with Crippen molar-refractivity contribution in [2.45, 2.75) is 36.7 Å². The monoisotopic (exact) mass is 376 g/mol. The van der Waals surface area contributed by atoms with E-state index in [1.807, 2.05) is 0 Å². The molecule has 9 nitrogen and oxygen atoms in total. The van der Waals surface area contributed by atoms with Gasteiger partial charge in [-0.05, 0) is 19.3 Å². The van der Waals surface area contributed by atoms with Crippen molar-refractivity contribution in [1.29, 1.82) is 0 Å². The number of carbonyl (C=O) groups excluding carboxylic acids is 2. The van der Waals surface area contributed by atoms with Gasteiger partial charge in [0.15, 0.2) is 6.61 Å². The number of aliphatic hydroxyl groups is 2. The first kappa shape index (κ1) is 18.3. The Hall–Kier alpha value is -1.49. The molecule has 0 aromatic heterocycles. The number of carbonyl (C=O) groups is 2. The molecule has 0 aromatic carbocycles. The van der Waals surface area contributed by atoms with Gasteiger partial charge >= 0.3 is 11.9 Å². The number of hydrogen-bond donors (Lipinski definition) is 2. The van der Waals surface area contributed by atoms with Gasteiger partial charge in [-0.2, -0.15) is 8.42 Å². The molecule has 5 atom stereocenters. The summed E-state index contributed by atoms with van der Waals surface area (Å²) in [5.41, 5.74) is -1.84. The summed E-state index contributed by atoms with van der Waals surface area (Å²) >= 11 is 0. The van der Waals surface area contributed by atoms with Crippen LogP contribution in [0.4, 0.5) is 0 Å². The van der Waals surface area contributed by atoms with Crippen LogP contribution in [0.3, 0.4) is 0 Å². The topological polar surface area (TPSA) is 136 Å². The van der Waals surface area contributed by atoms with Crippen LogP contribution in [0.25, 0.3) is 0 Å². The van der Waals surface area contributed by atoms with E-state index in [-0.39, 0.29) is 32.5 Å². The van der Waals surface area contributed by atoms with E-state index in [0.29, 0.717) is 0 Å². The Bertz CT molecular complexity index is 702. The highest BCUT2D eigenvalue weighted by Gasteiger charge is 2.78. The normalized spacial score (nSPS) is 40.0. The molecule has 3 aliphatic rings. The van der Waals surface area contributed by atoms with Gasteiger partial charge < -0.3 is 19.7 Å². The Morgan fingerprint density at radius 3 is 2.68 bits per heavy atom. The van der Waals surface area contributed by atoms with Gasteiger partial charge in [-0.25, -0.2) is 9.59 Å². The molecular weight excluding hydrogens is 356 g/mol. The van der Waals surface area contributed by atoms with Crippen molar-refractivity contribution in [3.63, 3.8) is 0 Å². The molecule has 140 valence electrons. The van der Waals surface area contributed by atoms with Crippen molar-refractivity contribution in [3.05, 3.63) is 12.7 Å². The summed E-state index contributed by atoms with van der Waals surface area (Å²) < 4.78 is 39.8. The molecule has 0 aromatic rings. The second-order valence-electron chi connectivity index (χ2n) is 6.83. The molecule has 10 heteroatoms. The summed E-state index contributed by atoms with van der Waals surface area (Å²) in [5.74, 6) is -1.66. The molecule has 2 saturated carbocycles. The summed E-state index contributed by atoms with van der Waals surface area (Å²) in [7, 11) is -3.87. The SMILES string of the molecule is C=CC(=O)OCC(=O)OC1C2OS(=O)(=O)C3CC1(CO)CC23CCO. The molecule has 3 fully saturated rings. The predicted molar refractivity (Wildman–Crippen MR) is 81.5 cm³/mol. The smallest absolute Gasteiger partial charge is 0.344 e. The summed E-state index contributed by atoms with van der Waals surface area (Å²) in [6, 6.07) is 0. The highest BCUT2D eigenvalue weighted by Crippen LogP contribution is 2.69. The first-order valence-electron chi connectivity index (χ1n) is 7.87. The Kier molecular flexibility index (Phi) is 4.43. The zero-order valence-electron chi connectivity index (χ0n) is 13.4. The van der Waals surface area contributed by atoms with E-state index in [1.54, 1.807) is 0 Å². The summed E-state index contributed by atoms with van der Waals surface area (Å²) in [6.45, 7) is 1.93. The van der Waals surface area contributed by atoms with Crippen molar-refractivity contribution in [2.24, 2.45) is 10.8 Å². The lowest BCUT2D eigenvalue weighted by molar-refractivity contribution is -0.172. The van der Waals surface area contributed by atoms with Crippen molar-refractivity contribution in [3.8, 4) is 0 Å². The fraction of sp³-hybridized carbons (Fsp3) is 0.733. The standard InChI is InChI=1S/C15H20O9S/c1-2-10(18)22-6-11(19)23-12-13-15(3-4-16)7-14(12,8-17)5-9(15)25(20,21)24-13/h2,9,12-13,16-17H,1,3-8H2. The quantitative estimate of drug-likeness (QED) is 0.321. The Balaban J connectivity index is 1.84. The van der Waals surface area contributed by atoms with Crippen molar-refractivity contribution in [2.75, 3.05) is 19.8 Å². The number of hydrogen-bond acceptors (Lipinski definition) is 9. The first-order valence-corrected chi connectivity index (χ1v) is 9.34. The second kappa shape index (κ2) is 6.04. The van der Waals surface area contributed by atoms with Gasteiger partial charge in [-0.3, -0.25) is 4.18 Å². The van der Waals surface area contributed by atoms with E-state index in [9.17, 15) is 28.2 Å². The maximum atomic E-state index is 12.3. The van der Waals surface area contributed by atoms with Crippen LogP contribution in [-0.4, -0.2) is 67.8 Å². The number of ether oxygens (including phenoxy) is 2. The van der Waals surface area contributed by atoms with Crippen LogP contribution in [0.1, 0.15) is 19.3 Å². The minimum atomic E-state index is -3.87. The molecule has 1 aliphatic heterocycles. The predicted octanol–water partition coefficient (Wildman–Crippen LogP) is -1.12. The summed E-state index contributed by atoms with van der Waals surface area (Å²) in [4.78, 5) is 23.0. The molecule has 1 saturated heterocycles. The van der Waals surface area contributed by atoms with Crippen LogP contribution >= 0.6 is 0 Å². The second-order valence-corrected chi connectivity index (χ2v) is 8.58. The van der Waals surface area contributed by atoms with Gasteiger partial charge in [0.1, 0.15) is 12.2 Å². The third-order valence-electron chi connectivity index (χ3n) is 5.60. The van der Waals surface area contributed by atoms with E-state index in [4.69, 9.17) is 8.92 Å². The fourth-order valence-electron chi connectivity index (χ4n) is 4.65. The summed E-state index contributed by atoms with van der Waals surface area (Å²) in [6.07, 6.45) is -0.527. The molecule has 2 aliphatic carbocycles. The van der Waals surface area contributed by atoms with Gasteiger partial charge in [-0.1, -0.05) is 6.58 Å². The summed E-state index contributed by atoms with van der Waals surface area (Å²) in [5, 5.41) is 18.4.